The monoisotopic (exact) mass is 231 g/mol. The molecule has 0 aliphatic heterocycles. The van der Waals surface area contributed by atoms with Crippen LogP contribution in [0.3, 0.4) is 0 Å². The quantitative estimate of drug-likeness (QED) is 0.849. The summed E-state index contributed by atoms with van der Waals surface area (Å²) in [5, 5.41) is 0. The van der Waals surface area contributed by atoms with Gasteiger partial charge in [0, 0.05) is 32.0 Å². The standard InChI is InChI=1S/C12H13N3O2/c1-17-8-11-14-10(6-12(16)15-11)5-9-3-2-4-13-7-9/h2-4,6-7H,5,8H2,1H3,(H,14,15,16). The summed E-state index contributed by atoms with van der Waals surface area (Å²) in [6, 6.07) is 5.30. The zero-order valence-electron chi connectivity index (χ0n) is 9.51. The molecular formula is C12H13N3O2. The van der Waals surface area contributed by atoms with Crippen molar-refractivity contribution in [3.63, 3.8) is 0 Å². The van der Waals surface area contributed by atoms with Crippen LogP contribution in [0, 0.1) is 0 Å². The zero-order chi connectivity index (χ0) is 12.1. The van der Waals surface area contributed by atoms with Gasteiger partial charge in [-0.2, -0.15) is 0 Å². The highest BCUT2D eigenvalue weighted by Crippen LogP contribution is 2.04. The van der Waals surface area contributed by atoms with Gasteiger partial charge in [0.05, 0.1) is 5.69 Å². The van der Waals surface area contributed by atoms with Crippen LogP contribution in [-0.4, -0.2) is 22.1 Å². The fourth-order valence-electron chi connectivity index (χ4n) is 1.57. The van der Waals surface area contributed by atoms with Gasteiger partial charge in [0.25, 0.3) is 5.56 Å². The molecular weight excluding hydrogens is 218 g/mol. The van der Waals surface area contributed by atoms with Crippen molar-refractivity contribution in [1.29, 1.82) is 0 Å². The molecule has 0 aromatic carbocycles. The third-order valence-corrected chi connectivity index (χ3v) is 2.23. The molecule has 2 aromatic rings. The van der Waals surface area contributed by atoms with Gasteiger partial charge in [-0.1, -0.05) is 6.07 Å². The highest BCUT2D eigenvalue weighted by molar-refractivity contribution is 5.17. The summed E-state index contributed by atoms with van der Waals surface area (Å²) in [7, 11) is 1.56. The molecule has 2 aromatic heterocycles. The molecule has 0 radical (unpaired) electrons. The van der Waals surface area contributed by atoms with E-state index in [1.165, 1.54) is 6.07 Å². The number of nitrogens with zero attached hydrogens (tertiary/aromatic N) is 2. The van der Waals surface area contributed by atoms with Gasteiger partial charge >= 0.3 is 0 Å². The van der Waals surface area contributed by atoms with Gasteiger partial charge in [0.2, 0.25) is 0 Å². The number of H-pyrrole nitrogens is 1. The van der Waals surface area contributed by atoms with Crippen LogP contribution in [0.2, 0.25) is 0 Å². The molecule has 17 heavy (non-hydrogen) atoms. The van der Waals surface area contributed by atoms with E-state index >= 15 is 0 Å². The summed E-state index contributed by atoms with van der Waals surface area (Å²) < 4.78 is 4.94. The van der Waals surface area contributed by atoms with E-state index < -0.39 is 0 Å². The number of nitrogens with one attached hydrogen (secondary N) is 1. The molecule has 88 valence electrons. The maximum Gasteiger partial charge on any atom is 0.251 e. The average molecular weight is 231 g/mol. The number of methoxy groups -OCH3 is 1. The minimum absolute atomic E-state index is 0.161. The van der Waals surface area contributed by atoms with E-state index in [4.69, 9.17) is 4.74 Å². The molecule has 0 saturated carbocycles. The number of aromatic amines is 1. The smallest absolute Gasteiger partial charge is 0.251 e. The first-order chi connectivity index (χ1) is 8.28. The van der Waals surface area contributed by atoms with Gasteiger partial charge in [-0.3, -0.25) is 9.78 Å². The van der Waals surface area contributed by atoms with Crippen LogP contribution in [0.15, 0.2) is 35.4 Å². The molecule has 1 N–H and O–H groups in total. The first kappa shape index (κ1) is 11.5. The Kier molecular flexibility index (Phi) is 3.62. The van der Waals surface area contributed by atoms with Crippen LogP contribution >= 0.6 is 0 Å². The number of hydrogen-bond acceptors (Lipinski definition) is 4. The first-order valence-electron chi connectivity index (χ1n) is 5.25. The topological polar surface area (TPSA) is 67.9 Å². The summed E-state index contributed by atoms with van der Waals surface area (Å²) >= 11 is 0. The molecule has 0 saturated heterocycles. The lowest BCUT2D eigenvalue weighted by Crippen LogP contribution is -2.13. The van der Waals surface area contributed by atoms with Crippen LogP contribution in [0.25, 0.3) is 0 Å². The van der Waals surface area contributed by atoms with Crippen LogP contribution < -0.4 is 5.56 Å². The summed E-state index contributed by atoms with van der Waals surface area (Å²) in [6.45, 7) is 0.302. The molecule has 0 fully saturated rings. The van der Waals surface area contributed by atoms with Crippen molar-refractivity contribution in [2.75, 3.05) is 7.11 Å². The van der Waals surface area contributed by atoms with Crippen LogP contribution in [-0.2, 0) is 17.8 Å². The molecule has 2 heterocycles. The Hall–Kier alpha value is -2.01. The highest BCUT2D eigenvalue weighted by Gasteiger charge is 2.02. The summed E-state index contributed by atoms with van der Waals surface area (Å²) in [5.74, 6) is 0.541. The minimum Gasteiger partial charge on any atom is -0.377 e. The van der Waals surface area contributed by atoms with Crippen LogP contribution in [0.1, 0.15) is 17.1 Å². The lowest BCUT2D eigenvalue weighted by molar-refractivity contribution is 0.177. The Morgan fingerprint density at radius 3 is 3.06 bits per heavy atom. The van der Waals surface area contributed by atoms with E-state index in [0.29, 0.717) is 24.5 Å². The normalized spacial score (nSPS) is 10.4. The lowest BCUT2D eigenvalue weighted by atomic mass is 10.1. The molecule has 2 rings (SSSR count). The Labute approximate surface area is 98.5 Å². The van der Waals surface area contributed by atoms with E-state index in [-0.39, 0.29) is 5.56 Å². The van der Waals surface area contributed by atoms with Gasteiger partial charge in [-0.05, 0) is 11.6 Å². The number of pyridine rings is 1. The number of ether oxygens (including phenoxy) is 1. The van der Waals surface area contributed by atoms with Gasteiger partial charge in [-0.25, -0.2) is 4.98 Å². The lowest BCUT2D eigenvalue weighted by Gasteiger charge is -2.03. The highest BCUT2D eigenvalue weighted by atomic mass is 16.5. The van der Waals surface area contributed by atoms with E-state index in [1.807, 2.05) is 12.1 Å². The average Bonchev–Trinajstić information content (AvgIpc) is 2.30. The number of rotatable bonds is 4. The van der Waals surface area contributed by atoms with Crippen molar-refractivity contribution in [2.45, 2.75) is 13.0 Å². The number of aromatic nitrogens is 3. The Balaban J connectivity index is 2.24. The van der Waals surface area contributed by atoms with Crippen LogP contribution in [0.4, 0.5) is 0 Å². The van der Waals surface area contributed by atoms with Gasteiger partial charge in [0.15, 0.2) is 0 Å². The second kappa shape index (κ2) is 5.36. The second-order valence-corrected chi connectivity index (χ2v) is 3.65. The van der Waals surface area contributed by atoms with E-state index in [0.717, 1.165) is 5.56 Å². The third-order valence-electron chi connectivity index (χ3n) is 2.23. The van der Waals surface area contributed by atoms with E-state index in [1.54, 1.807) is 19.5 Å². The van der Waals surface area contributed by atoms with Gasteiger partial charge in [0.1, 0.15) is 12.4 Å². The largest absolute Gasteiger partial charge is 0.377 e. The van der Waals surface area contributed by atoms with Crippen molar-refractivity contribution >= 4 is 0 Å². The summed E-state index contributed by atoms with van der Waals surface area (Å²) in [4.78, 5) is 22.4. The van der Waals surface area contributed by atoms with Crippen LogP contribution in [0.5, 0.6) is 0 Å². The predicted molar refractivity (Wildman–Crippen MR) is 62.6 cm³/mol. The maximum absolute atomic E-state index is 11.4. The molecule has 5 nitrogen and oxygen atoms in total. The molecule has 0 atom stereocenters. The molecule has 0 aliphatic carbocycles. The number of hydrogen-bond donors (Lipinski definition) is 1. The van der Waals surface area contributed by atoms with Crippen molar-refractivity contribution < 1.29 is 4.74 Å². The van der Waals surface area contributed by atoms with E-state index in [2.05, 4.69) is 15.0 Å². The van der Waals surface area contributed by atoms with Gasteiger partial charge in [-0.15, -0.1) is 0 Å². The molecule has 0 amide bonds. The zero-order valence-corrected chi connectivity index (χ0v) is 9.51. The first-order valence-corrected chi connectivity index (χ1v) is 5.25. The predicted octanol–water partition coefficient (Wildman–Crippen LogP) is 0.902. The molecule has 0 spiro atoms. The molecule has 0 unspecified atom stereocenters. The Morgan fingerprint density at radius 1 is 1.47 bits per heavy atom. The summed E-state index contributed by atoms with van der Waals surface area (Å²) in [5.41, 5.74) is 1.58. The van der Waals surface area contributed by atoms with Crippen molar-refractivity contribution in [2.24, 2.45) is 0 Å². The summed E-state index contributed by atoms with van der Waals surface area (Å²) in [6.07, 6.45) is 4.07. The third kappa shape index (κ3) is 3.22. The van der Waals surface area contributed by atoms with Crippen molar-refractivity contribution in [1.82, 2.24) is 15.0 Å². The molecule has 0 bridgehead atoms. The maximum atomic E-state index is 11.4. The SMILES string of the molecule is COCc1nc(Cc2cccnc2)cc(=O)[nH]1. The fourth-order valence-corrected chi connectivity index (χ4v) is 1.57. The Bertz CT molecular complexity index is 537. The van der Waals surface area contributed by atoms with Gasteiger partial charge < -0.3 is 9.72 Å². The van der Waals surface area contributed by atoms with E-state index in [9.17, 15) is 4.79 Å². The second-order valence-electron chi connectivity index (χ2n) is 3.65. The Morgan fingerprint density at radius 2 is 2.35 bits per heavy atom. The molecule has 0 aliphatic rings. The minimum atomic E-state index is -0.161. The molecule has 5 heteroatoms. The van der Waals surface area contributed by atoms with Crippen molar-refractivity contribution in [3.8, 4) is 0 Å². The van der Waals surface area contributed by atoms with Crippen molar-refractivity contribution in [3.05, 3.63) is 58.0 Å². The fraction of sp³-hybridized carbons (Fsp3) is 0.250.